The summed E-state index contributed by atoms with van der Waals surface area (Å²) in [5.41, 5.74) is 1.59. The van der Waals surface area contributed by atoms with E-state index in [4.69, 9.17) is 0 Å². The summed E-state index contributed by atoms with van der Waals surface area (Å²) in [7, 11) is 0. The smallest absolute Gasteiger partial charge is 0.240 e. The number of aliphatic hydroxyl groups excluding tert-OH is 1. The molecule has 102 valence electrons. The van der Waals surface area contributed by atoms with Gasteiger partial charge in [-0.25, -0.2) is 0 Å². The number of aromatic nitrogens is 1. The van der Waals surface area contributed by atoms with Gasteiger partial charge in [0.1, 0.15) is 6.54 Å². The number of amides is 1. The summed E-state index contributed by atoms with van der Waals surface area (Å²) in [4.78, 5) is 11.9. The average molecular weight is 260 g/mol. The van der Waals surface area contributed by atoms with Gasteiger partial charge in [-0.05, 0) is 43.9 Å². The first-order valence-electron chi connectivity index (χ1n) is 6.39. The van der Waals surface area contributed by atoms with E-state index < -0.39 is 0 Å². The van der Waals surface area contributed by atoms with E-state index in [2.05, 4.69) is 5.32 Å². The normalized spacial score (nSPS) is 11.8. The Hall–Kier alpha value is -1.81. The first-order chi connectivity index (χ1) is 8.89. The summed E-state index contributed by atoms with van der Waals surface area (Å²) in [6, 6.07) is 7.74. The van der Waals surface area contributed by atoms with Crippen molar-refractivity contribution in [2.75, 3.05) is 0 Å². The van der Waals surface area contributed by atoms with Gasteiger partial charge in [-0.15, -0.1) is 0 Å². The summed E-state index contributed by atoms with van der Waals surface area (Å²) >= 11 is 0. The number of fused-ring (bicyclic) bond motifs is 1. The van der Waals surface area contributed by atoms with Crippen LogP contribution in [0.25, 0.3) is 10.9 Å². The van der Waals surface area contributed by atoms with Crippen LogP contribution in [-0.2, 0) is 17.9 Å². The molecule has 0 radical (unpaired) electrons. The fourth-order valence-electron chi connectivity index (χ4n) is 2.08. The SMILES string of the molecule is CC(C)(C)NC(=O)Cn1ccc2ccc(CO)cc21. The van der Waals surface area contributed by atoms with Gasteiger partial charge in [-0.1, -0.05) is 12.1 Å². The second-order valence-corrected chi connectivity index (χ2v) is 5.79. The fourth-order valence-corrected chi connectivity index (χ4v) is 2.08. The van der Waals surface area contributed by atoms with Crippen LogP contribution in [0.4, 0.5) is 0 Å². The van der Waals surface area contributed by atoms with Crippen LogP contribution in [-0.4, -0.2) is 21.1 Å². The molecule has 0 saturated carbocycles. The number of aliphatic hydroxyl groups is 1. The Bertz CT molecular complexity index is 594. The minimum Gasteiger partial charge on any atom is -0.392 e. The van der Waals surface area contributed by atoms with Crippen LogP contribution in [0.1, 0.15) is 26.3 Å². The molecule has 0 atom stereocenters. The van der Waals surface area contributed by atoms with Crippen molar-refractivity contribution in [3.8, 4) is 0 Å². The van der Waals surface area contributed by atoms with Gasteiger partial charge in [0, 0.05) is 17.3 Å². The van der Waals surface area contributed by atoms with E-state index in [-0.39, 0.29) is 24.6 Å². The van der Waals surface area contributed by atoms with Gasteiger partial charge in [0.15, 0.2) is 0 Å². The van der Waals surface area contributed by atoms with Gasteiger partial charge in [0.2, 0.25) is 5.91 Å². The third kappa shape index (κ3) is 3.35. The van der Waals surface area contributed by atoms with E-state index in [1.165, 1.54) is 0 Å². The predicted molar refractivity (Wildman–Crippen MR) is 75.8 cm³/mol. The highest BCUT2D eigenvalue weighted by atomic mass is 16.3. The Labute approximate surface area is 113 Å². The molecule has 0 saturated heterocycles. The molecular formula is C15H20N2O2. The van der Waals surface area contributed by atoms with Crippen molar-refractivity contribution >= 4 is 16.8 Å². The van der Waals surface area contributed by atoms with Gasteiger partial charge in [-0.2, -0.15) is 0 Å². The maximum atomic E-state index is 11.9. The Balaban J connectivity index is 2.23. The first kappa shape index (κ1) is 13.6. The van der Waals surface area contributed by atoms with Crippen molar-refractivity contribution in [1.29, 1.82) is 0 Å². The third-order valence-electron chi connectivity index (χ3n) is 2.85. The maximum absolute atomic E-state index is 11.9. The number of nitrogens with one attached hydrogen (secondary N) is 1. The second-order valence-electron chi connectivity index (χ2n) is 5.79. The number of carbonyl (C=O) groups is 1. The molecule has 0 aliphatic heterocycles. The number of nitrogens with zero attached hydrogens (tertiary/aromatic N) is 1. The van der Waals surface area contributed by atoms with E-state index >= 15 is 0 Å². The molecule has 0 bridgehead atoms. The number of carbonyl (C=O) groups excluding carboxylic acids is 1. The average Bonchev–Trinajstić information content (AvgIpc) is 2.69. The lowest BCUT2D eigenvalue weighted by molar-refractivity contribution is -0.123. The Kier molecular flexibility index (Phi) is 3.62. The van der Waals surface area contributed by atoms with E-state index in [0.717, 1.165) is 16.5 Å². The molecule has 1 amide bonds. The molecule has 2 N–H and O–H groups in total. The van der Waals surface area contributed by atoms with Crippen molar-refractivity contribution in [1.82, 2.24) is 9.88 Å². The maximum Gasteiger partial charge on any atom is 0.240 e. The molecule has 0 fully saturated rings. The van der Waals surface area contributed by atoms with Crippen LogP contribution >= 0.6 is 0 Å². The Morgan fingerprint density at radius 2 is 2.05 bits per heavy atom. The van der Waals surface area contributed by atoms with Crippen molar-refractivity contribution in [2.45, 2.75) is 39.5 Å². The summed E-state index contributed by atoms with van der Waals surface area (Å²) < 4.78 is 1.90. The standard InChI is InChI=1S/C15H20N2O2/c1-15(2,3)16-14(19)9-17-7-6-12-5-4-11(10-18)8-13(12)17/h4-8,18H,9-10H2,1-3H3,(H,16,19). The Morgan fingerprint density at radius 3 is 2.68 bits per heavy atom. The number of hydrogen-bond acceptors (Lipinski definition) is 2. The molecule has 2 rings (SSSR count). The van der Waals surface area contributed by atoms with Crippen LogP contribution in [0.15, 0.2) is 30.5 Å². The number of benzene rings is 1. The van der Waals surface area contributed by atoms with Crippen LogP contribution in [0.3, 0.4) is 0 Å². The van der Waals surface area contributed by atoms with Gasteiger partial charge < -0.3 is 15.0 Å². The zero-order valence-corrected chi connectivity index (χ0v) is 11.6. The highest BCUT2D eigenvalue weighted by molar-refractivity contribution is 5.84. The quantitative estimate of drug-likeness (QED) is 0.887. The molecule has 4 nitrogen and oxygen atoms in total. The van der Waals surface area contributed by atoms with Crippen molar-refractivity contribution in [3.63, 3.8) is 0 Å². The summed E-state index contributed by atoms with van der Waals surface area (Å²) in [6.45, 7) is 6.18. The molecule has 19 heavy (non-hydrogen) atoms. The van der Waals surface area contributed by atoms with Crippen LogP contribution in [0, 0.1) is 0 Å². The van der Waals surface area contributed by atoms with Crippen molar-refractivity contribution in [2.24, 2.45) is 0 Å². The molecule has 0 aliphatic carbocycles. The first-order valence-corrected chi connectivity index (χ1v) is 6.39. The second kappa shape index (κ2) is 5.05. The molecular weight excluding hydrogens is 240 g/mol. The predicted octanol–water partition coefficient (Wildman–Crippen LogP) is 2.05. The highest BCUT2D eigenvalue weighted by Crippen LogP contribution is 2.18. The molecule has 1 heterocycles. The third-order valence-corrected chi connectivity index (χ3v) is 2.85. The molecule has 1 aromatic carbocycles. The van der Waals surface area contributed by atoms with Crippen LogP contribution < -0.4 is 5.32 Å². The van der Waals surface area contributed by atoms with Gasteiger partial charge in [0.25, 0.3) is 0 Å². The summed E-state index contributed by atoms with van der Waals surface area (Å²) in [5.74, 6) is -0.0144. The molecule has 0 unspecified atom stereocenters. The summed E-state index contributed by atoms with van der Waals surface area (Å²) in [6.07, 6.45) is 1.90. The number of rotatable bonds is 3. The minimum atomic E-state index is -0.226. The van der Waals surface area contributed by atoms with E-state index in [1.807, 2.05) is 55.8 Å². The fraction of sp³-hybridized carbons (Fsp3) is 0.400. The molecule has 2 aromatic rings. The minimum absolute atomic E-state index is 0.00923. The zero-order valence-electron chi connectivity index (χ0n) is 11.6. The van der Waals surface area contributed by atoms with Crippen molar-refractivity contribution in [3.05, 3.63) is 36.0 Å². The van der Waals surface area contributed by atoms with Gasteiger partial charge in [-0.3, -0.25) is 4.79 Å². The molecule has 0 aliphatic rings. The van der Waals surface area contributed by atoms with Crippen LogP contribution in [0.2, 0.25) is 0 Å². The lowest BCUT2D eigenvalue weighted by Gasteiger charge is -2.20. The molecule has 0 spiro atoms. The summed E-state index contributed by atoms with van der Waals surface area (Å²) in [5, 5.41) is 13.2. The largest absolute Gasteiger partial charge is 0.392 e. The number of hydrogen-bond donors (Lipinski definition) is 2. The molecule has 4 heteroatoms. The monoisotopic (exact) mass is 260 g/mol. The zero-order chi connectivity index (χ0) is 14.0. The lowest BCUT2D eigenvalue weighted by atomic mass is 10.1. The van der Waals surface area contributed by atoms with Crippen LogP contribution in [0.5, 0.6) is 0 Å². The van der Waals surface area contributed by atoms with Gasteiger partial charge >= 0.3 is 0 Å². The highest BCUT2D eigenvalue weighted by Gasteiger charge is 2.14. The Morgan fingerprint density at radius 1 is 1.32 bits per heavy atom. The van der Waals surface area contributed by atoms with E-state index in [9.17, 15) is 9.90 Å². The van der Waals surface area contributed by atoms with E-state index in [1.54, 1.807) is 0 Å². The topological polar surface area (TPSA) is 54.3 Å². The van der Waals surface area contributed by atoms with Gasteiger partial charge in [0.05, 0.1) is 6.61 Å². The molecule has 1 aromatic heterocycles. The van der Waals surface area contributed by atoms with Crippen molar-refractivity contribution < 1.29 is 9.90 Å². The van der Waals surface area contributed by atoms with E-state index in [0.29, 0.717) is 0 Å². The lowest BCUT2D eigenvalue weighted by Crippen LogP contribution is -2.42.